The van der Waals surface area contributed by atoms with Gasteiger partial charge in [0.05, 0.1) is 12.7 Å². The van der Waals surface area contributed by atoms with Gasteiger partial charge in [0.25, 0.3) is 0 Å². The molecule has 0 amide bonds. The summed E-state index contributed by atoms with van der Waals surface area (Å²) in [4.78, 5) is 0. The molecule has 0 atom stereocenters. The maximum absolute atomic E-state index is 4.52. The molecule has 18 heavy (non-hydrogen) atoms. The van der Waals surface area contributed by atoms with Crippen LogP contribution >= 0.6 is 15.9 Å². The van der Waals surface area contributed by atoms with Crippen molar-refractivity contribution in [2.45, 2.75) is 38.6 Å². The van der Waals surface area contributed by atoms with Crippen molar-refractivity contribution in [3.8, 4) is 0 Å². The van der Waals surface area contributed by atoms with Crippen LogP contribution in [0.2, 0.25) is 0 Å². The molecule has 0 spiro atoms. The lowest BCUT2D eigenvalue weighted by molar-refractivity contribution is 0.615. The number of rotatable bonds is 4. The first-order chi connectivity index (χ1) is 8.61. The van der Waals surface area contributed by atoms with Crippen LogP contribution in [0.15, 0.2) is 30.5 Å². The predicted octanol–water partition coefficient (Wildman–Crippen LogP) is 4.26. The lowest BCUT2D eigenvalue weighted by Crippen LogP contribution is -2.08. The van der Waals surface area contributed by atoms with Crippen LogP contribution in [-0.2, 0) is 11.9 Å². The topological polar surface area (TPSA) is 17.8 Å². The Balaban J connectivity index is 2.32. The Morgan fingerprint density at radius 1 is 1.33 bits per heavy atom. The first kappa shape index (κ1) is 13.3. The molecule has 0 fully saturated rings. The van der Waals surface area contributed by atoms with Gasteiger partial charge in [0.15, 0.2) is 0 Å². The van der Waals surface area contributed by atoms with E-state index in [1.807, 2.05) is 6.20 Å². The molecule has 2 nitrogen and oxygen atoms in total. The maximum Gasteiger partial charge on any atom is 0.0662 e. The van der Waals surface area contributed by atoms with Crippen molar-refractivity contribution in [1.82, 2.24) is 9.78 Å². The Morgan fingerprint density at radius 2 is 2.11 bits per heavy atom. The van der Waals surface area contributed by atoms with Gasteiger partial charge in [0.2, 0.25) is 0 Å². The molecule has 3 heteroatoms. The van der Waals surface area contributed by atoms with Crippen LogP contribution in [0.4, 0.5) is 0 Å². The largest absolute Gasteiger partial charge is 0.265 e. The van der Waals surface area contributed by atoms with Gasteiger partial charge < -0.3 is 0 Å². The maximum atomic E-state index is 4.52. The standard InChI is InChI=1S/C15H19BrN2/c1-11(2)15-14(8-16)9-17-18(15)10-13-6-4-5-12(3)7-13/h4-7,9,11H,8,10H2,1-3H3. The SMILES string of the molecule is Cc1cccc(Cn2ncc(CBr)c2C(C)C)c1. The number of nitrogens with zero attached hydrogens (tertiary/aromatic N) is 2. The fourth-order valence-electron chi connectivity index (χ4n) is 2.31. The molecular weight excluding hydrogens is 288 g/mol. The molecule has 2 rings (SSSR count). The first-order valence-corrected chi connectivity index (χ1v) is 7.40. The van der Waals surface area contributed by atoms with E-state index in [1.165, 1.54) is 22.4 Å². The lowest BCUT2D eigenvalue weighted by atomic mass is 10.1. The zero-order chi connectivity index (χ0) is 13.1. The highest BCUT2D eigenvalue weighted by Gasteiger charge is 2.13. The smallest absolute Gasteiger partial charge is 0.0662 e. The minimum atomic E-state index is 0.491. The zero-order valence-electron chi connectivity index (χ0n) is 11.2. The molecular formula is C15H19BrN2. The third-order valence-electron chi connectivity index (χ3n) is 3.07. The second kappa shape index (κ2) is 5.70. The van der Waals surface area contributed by atoms with E-state index >= 15 is 0 Å². The highest BCUT2D eigenvalue weighted by molar-refractivity contribution is 9.08. The lowest BCUT2D eigenvalue weighted by Gasteiger charge is -2.12. The Bertz CT molecular complexity index is 529. The van der Waals surface area contributed by atoms with Gasteiger partial charge in [-0.25, -0.2) is 0 Å². The summed E-state index contributed by atoms with van der Waals surface area (Å²) in [7, 11) is 0. The van der Waals surface area contributed by atoms with E-state index in [0.29, 0.717) is 5.92 Å². The molecule has 0 aliphatic rings. The minimum Gasteiger partial charge on any atom is -0.265 e. The van der Waals surface area contributed by atoms with Gasteiger partial charge in [-0.05, 0) is 18.4 Å². The fraction of sp³-hybridized carbons (Fsp3) is 0.400. The van der Waals surface area contributed by atoms with Gasteiger partial charge in [-0.2, -0.15) is 5.10 Å². The van der Waals surface area contributed by atoms with Gasteiger partial charge >= 0.3 is 0 Å². The van der Waals surface area contributed by atoms with Crippen LogP contribution in [0, 0.1) is 6.92 Å². The number of hydrogen-bond acceptors (Lipinski definition) is 1. The Morgan fingerprint density at radius 3 is 2.72 bits per heavy atom. The van der Waals surface area contributed by atoms with Crippen LogP contribution < -0.4 is 0 Å². The molecule has 0 saturated carbocycles. The third-order valence-corrected chi connectivity index (χ3v) is 3.67. The van der Waals surface area contributed by atoms with Crippen molar-refractivity contribution in [2.75, 3.05) is 0 Å². The summed E-state index contributed by atoms with van der Waals surface area (Å²) in [6.07, 6.45) is 1.97. The molecule has 0 radical (unpaired) electrons. The van der Waals surface area contributed by atoms with Crippen molar-refractivity contribution in [1.29, 1.82) is 0 Å². The summed E-state index contributed by atoms with van der Waals surface area (Å²) < 4.78 is 2.12. The Labute approximate surface area is 117 Å². The molecule has 1 heterocycles. The number of benzene rings is 1. The summed E-state index contributed by atoms with van der Waals surface area (Å²) in [5.41, 5.74) is 5.22. The van der Waals surface area contributed by atoms with Crippen molar-refractivity contribution >= 4 is 15.9 Å². The Hall–Kier alpha value is -1.09. The van der Waals surface area contributed by atoms with Crippen molar-refractivity contribution in [3.63, 3.8) is 0 Å². The number of alkyl halides is 1. The van der Waals surface area contributed by atoms with Crippen molar-refractivity contribution < 1.29 is 0 Å². The molecule has 1 aromatic heterocycles. The average Bonchev–Trinajstić information content (AvgIpc) is 2.72. The predicted molar refractivity (Wildman–Crippen MR) is 79.2 cm³/mol. The van der Waals surface area contributed by atoms with E-state index in [4.69, 9.17) is 0 Å². The van der Waals surface area contributed by atoms with Crippen LogP contribution in [0.5, 0.6) is 0 Å². The molecule has 0 saturated heterocycles. The number of hydrogen-bond donors (Lipinski definition) is 0. The normalized spacial score (nSPS) is 11.2. The van der Waals surface area contributed by atoms with Crippen molar-refractivity contribution in [3.05, 3.63) is 52.8 Å². The van der Waals surface area contributed by atoms with Gasteiger partial charge in [0, 0.05) is 16.6 Å². The van der Waals surface area contributed by atoms with Gasteiger partial charge in [-0.1, -0.05) is 59.6 Å². The fourth-order valence-corrected chi connectivity index (χ4v) is 2.75. The van der Waals surface area contributed by atoms with Crippen LogP contribution in [0.1, 0.15) is 42.1 Å². The molecule has 0 unspecified atom stereocenters. The van der Waals surface area contributed by atoms with E-state index in [9.17, 15) is 0 Å². The van der Waals surface area contributed by atoms with Gasteiger partial charge in [-0.15, -0.1) is 0 Å². The zero-order valence-corrected chi connectivity index (χ0v) is 12.7. The highest BCUT2D eigenvalue weighted by atomic mass is 79.9. The second-order valence-corrected chi connectivity index (χ2v) is 5.55. The third kappa shape index (κ3) is 2.83. The second-order valence-electron chi connectivity index (χ2n) is 4.99. The molecule has 1 aromatic carbocycles. The van der Waals surface area contributed by atoms with E-state index in [2.05, 4.69) is 70.7 Å². The summed E-state index contributed by atoms with van der Waals surface area (Å²) in [6, 6.07) is 8.61. The van der Waals surface area contributed by atoms with Crippen LogP contribution in [-0.4, -0.2) is 9.78 Å². The quantitative estimate of drug-likeness (QED) is 0.772. The summed E-state index contributed by atoms with van der Waals surface area (Å²) in [5.74, 6) is 0.491. The molecule has 0 aliphatic carbocycles. The number of halogens is 1. The van der Waals surface area contributed by atoms with Crippen molar-refractivity contribution in [2.24, 2.45) is 0 Å². The molecule has 0 bridgehead atoms. The number of aromatic nitrogens is 2. The minimum absolute atomic E-state index is 0.491. The molecule has 2 aromatic rings. The highest BCUT2D eigenvalue weighted by Crippen LogP contribution is 2.22. The molecule has 0 N–H and O–H groups in total. The number of aryl methyl sites for hydroxylation is 1. The van der Waals surface area contributed by atoms with E-state index in [-0.39, 0.29) is 0 Å². The van der Waals surface area contributed by atoms with E-state index in [1.54, 1.807) is 0 Å². The average molecular weight is 307 g/mol. The summed E-state index contributed by atoms with van der Waals surface area (Å²) in [5, 5.41) is 5.39. The molecule has 96 valence electrons. The Kier molecular flexibility index (Phi) is 4.23. The monoisotopic (exact) mass is 306 g/mol. The molecule has 0 aliphatic heterocycles. The van der Waals surface area contributed by atoms with E-state index in [0.717, 1.165) is 11.9 Å². The first-order valence-electron chi connectivity index (χ1n) is 6.28. The van der Waals surface area contributed by atoms with Crippen LogP contribution in [0.3, 0.4) is 0 Å². The van der Waals surface area contributed by atoms with Crippen LogP contribution in [0.25, 0.3) is 0 Å². The van der Waals surface area contributed by atoms with Gasteiger partial charge in [-0.3, -0.25) is 4.68 Å². The van der Waals surface area contributed by atoms with Gasteiger partial charge in [0.1, 0.15) is 0 Å². The van der Waals surface area contributed by atoms with E-state index < -0.39 is 0 Å². The summed E-state index contributed by atoms with van der Waals surface area (Å²) >= 11 is 3.53. The summed E-state index contributed by atoms with van der Waals surface area (Å²) in [6.45, 7) is 7.41.